The molecule has 3 heterocycles. The number of rotatable bonds is 10. The number of fused-ring (bicyclic) bond motifs is 2. The molecule has 0 aliphatic carbocycles. The summed E-state index contributed by atoms with van der Waals surface area (Å²) in [5.74, 6) is -0.235. The van der Waals surface area contributed by atoms with Crippen LogP contribution >= 0.6 is 0 Å². The number of carbonyl (C=O) groups excluding carboxylic acids is 2. The summed E-state index contributed by atoms with van der Waals surface area (Å²) in [6.07, 6.45) is 8.61. The second-order valence-electron chi connectivity index (χ2n) is 11.4. The molecule has 46 heavy (non-hydrogen) atoms. The highest BCUT2D eigenvalue weighted by atomic mass is 16.5. The number of methoxy groups -OCH3 is 2. The normalized spacial score (nSPS) is 15.2. The van der Waals surface area contributed by atoms with Crippen LogP contribution in [0.25, 0.3) is 21.8 Å². The molecular formula is C36H36N6O4. The minimum atomic E-state index is -1.58. The van der Waals surface area contributed by atoms with Crippen molar-refractivity contribution in [2.45, 2.75) is 31.5 Å². The lowest BCUT2D eigenvalue weighted by molar-refractivity contribution is -0.143. The highest BCUT2D eigenvalue weighted by Gasteiger charge is 2.53. The molecule has 2 atom stereocenters. The van der Waals surface area contributed by atoms with E-state index in [0.29, 0.717) is 36.6 Å². The quantitative estimate of drug-likeness (QED) is 0.162. The minimum absolute atomic E-state index is 0.157. The standard InChI is InChI=1S/C36H36N6O4/c1-23(43)41-36(42-13-7-4-8-14-42,35(44)40-20-25-15-26(45-2)18-27(16-25)46-3)34(30-21-38-32-10-6-5-9-28(30)32)31-22-39-33-12-11-24(19-37)17-29(31)33/h4-7,9-12,15-18,21-22,34,38-39H,8,13-14,20H2,1-3H3,(H,40,44)(H,41,43). The lowest BCUT2D eigenvalue weighted by Gasteiger charge is -2.48. The Hall–Kier alpha value is -5.53. The predicted molar refractivity (Wildman–Crippen MR) is 176 cm³/mol. The number of H-pyrrole nitrogens is 2. The number of amides is 2. The Balaban J connectivity index is 1.59. The van der Waals surface area contributed by atoms with Gasteiger partial charge in [0.05, 0.1) is 31.8 Å². The van der Waals surface area contributed by atoms with E-state index in [1.54, 1.807) is 26.4 Å². The van der Waals surface area contributed by atoms with E-state index in [2.05, 4.69) is 32.7 Å². The van der Waals surface area contributed by atoms with Gasteiger partial charge in [-0.3, -0.25) is 14.5 Å². The number of aromatic amines is 2. The monoisotopic (exact) mass is 616 g/mol. The van der Waals surface area contributed by atoms with Crippen LogP contribution in [0.2, 0.25) is 0 Å². The third-order valence-corrected chi connectivity index (χ3v) is 8.64. The molecule has 10 heteroatoms. The zero-order valence-electron chi connectivity index (χ0n) is 26.0. The van der Waals surface area contributed by atoms with Crippen molar-refractivity contribution in [1.29, 1.82) is 5.26 Å². The molecule has 234 valence electrons. The first-order valence-electron chi connectivity index (χ1n) is 15.1. The first kappa shape index (κ1) is 30.5. The maximum Gasteiger partial charge on any atom is 0.262 e. The number of nitriles is 1. The van der Waals surface area contributed by atoms with Gasteiger partial charge in [-0.15, -0.1) is 0 Å². The van der Waals surface area contributed by atoms with Crippen molar-refractivity contribution in [3.8, 4) is 17.6 Å². The number of carbonyl (C=O) groups is 2. The Morgan fingerprint density at radius 3 is 2.30 bits per heavy atom. The maximum atomic E-state index is 15.1. The van der Waals surface area contributed by atoms with Crippen LogP contribution in [0.5, 0.6) is 11.5 Å². The summed E-state index contributed by atoms with van der Waals surface area (Å²) in [5, 5.41) is 17.9. The SMILES string of the molecule is COc1cc(CNC(=O)C(NC(C)=O)(C(c2c[nH]c3ccccc23)c2c[nH]c3ccc(C#N)cc23)N2CC=CCC2)cc(OC)c1. The fourth-order valence-electron chi connectivity index (χ4n) is 6.58. The fourth-order valence-corrected chi connectivity index (χ4v) is 6.58. The number of hydrogen-bond donors (Lipinski definition) is 4. The fraction of sp³-hybridized carbons (Fsp3) is 0.250. The number of aromatic nitrogens is 2. The third kappa shape index (κ3) is 5.57. The lowest BCUT2D eigenvalue weighted by Crippen LogP contribution is -2.71. The molecule has 0 saturated carbocycles. The summed E-state index contributed by atoms with van der Waals surface area (Å²) in [6.45, 7) is 2.56. The zero-order chi connectivity index (χ0) is 32.3. The van der Waals surface area contributed by atoms with E-state index in [1.165, 1.54) is 6.92 Å². The molecule has 10 nitrogen and oxygen atoms in total. The molecular weight excluding hydrogens is 580 g/mol. The van der Waals surface area contributed by atoms with Crippen molar-refractivity contribution in [3.05, 3.63) is 107 Å². The van der Waals surface area contributed by atoms with Gasteiger partial charge in [-0.1, -0.05) is 30.4 Å². The van der Waals surface area contributed by atoms with Gasteiger partial charge >= 0.3 is 0 Å². The maximum absolute atomic E-state index is 15.1. The number of para-hydroxylation sites is 1. The molecule has 5 aromatic rings. The first-order valence-corrected chi connectivity index (χ1v) is 15.1. The Morgan fingerprint density at radius 1 is 0.957 bits per heavy atom. The second kappa shape index (κ2) is 12.8. The van der Waals surface area contributed by atoms with Gasteiger partial charge in [-0.05, 0) is 59.5 Å². The summed E-state index contributed by atoms with van der Waals surface area (Å²) in [7, 11) is 3.15. The average Bonchev–Trinajstić information content (AvgIpc) is 3.71. The molecule has 0 saturated heterocycles. The van der Waals surface area contributed by atoms with Gasteiger partial charge in [0.1, 0.15) is 11.5 Å². The van der Waals surface area contributed by atoms with E-state index in [1.807, 2.05) is 71.9 Å². The summed E-state index contributed by atoms with van der Waals surface area (Å²) in [6, 6.07) is 21.1. The van der Waals surface area contributed by atoms with Gasteiger partial charge < -0.3 is 30.1 Å². The third-order valence-electron chi connectivity index (χ3n) is 8.64. The Bertz CT molecular complexity index is 1960. The van der Waals surface area contributed by atoms with Crippen LogP contribution in [0, 0.1) is 11.3 Å². The van der Waals surface area contributed by atoms with Crippen molar-refractivity contribution in [2.75, 3.05) is 27.3 Å². The predicted octanol–water partition coefficient (Wildman–Crippen LogP) is 5.08. The van der Waals surface area contributed by atoms with Crippen LogP contribution in [0.4, 0.5) is 0 Å². The molecule has 1 aliphatic heterocycles. The van der Waals surface area contributed by atoms with Gasteiger partial charge in [-0.25, -0.2) is 0 Å². The molecule has 0 radical (unpaired) electrons. The van der Waals surface area contributed by atoms with Crippen molar-refractivity contribution >= 4 is 33.6 Å². The number of nitrogens with one attached hydrogen (secondary N) is 4. The van der Waals surface area contributed by atoms with E-state index in [0.717, 1.165) is 38.5 Å². The molecule has 2 aromatic heterocycles. The van der Waals surface area contributed by atoms with E-state index in [4.69, 9.17) is 9.47 Å². The van der Waals surface area contributed by atoms with Crippen LogP contribution in [-0.2, 0) is 16.1 Å². The highest BCUT2D eigenvalue weighted by Crippen LogP contribution is 2.44. The van der Waals surface area contributed by atoms with Gasteiger partial charge in [0, 0.05) is 66.8 Å². The van der Waals surface area contributed by atoms with Crippen molar-refractivity contribution < 1.29 is 19.1 Å². The van der Waals surface area contributed by atoms with Gasteiger partial charge in [0.15, 0.2) is 5.66 Å². The zero-order valence-corrected chi connectivity index (χ0v) is 26.0. The summed E-state index contributed by atoms with van der Waals surface area (Å²) < 4.78 is 10.9. The number of hydrogen-bond acceptors (Lipinski definition) is 6. The van der Waals surface area contributed by atoms with E-state index in [9.17, 15) is 10.1 Å². The molecule has 3 aromatic carbocycles. The first-order chi connectivity index (χ1) is 22.4. The van der Waals surface area contributed by atoms with Crippen LogP contribution in [0.3, 0.4) is 0 Å². The topological polar surface area (TPSA) is 135 Å². The Kier molecular flexibility index (Phi) is 8.51. The number of benzene rings is 3. The number of ether oxygens (including phenoxy) is 2. The average molecular weight is 617 g/mol. The van der Waals surface area contributed by atoms with E-state index >= 15 is 4.79 Å². The number of nitrogens with zero attached hydrogens (tertiary/aromatic N) is 2. The molecule has 1 aliphatic rings. The van der Waals surface area contributed by atoms with E-state index in [-0.39, 0.29) is 18.4 Å². The Morgan fingerprint density at radius 2 is 1.65 bits per heavy atom. The molecule has 0 spiro atoms. The minimum Gasteiger partial charge on any atom is -0.497 e. The van der Waals surface area contributed by atoms with Crippen LogP contribution in [0.15, 0.2) is 85.2 Å². The summed E-state index contributed by atoms with van der Waals surface area (Å²) >= 11 is 0. The molecule has 2 amide bonds. The van der Waals surface area contributed by atoms with Gasteiger partial charge in [-0.2, -0.15) is 5.26 Å². The van der Waals surface area contributed by atoms with Crippen molar-refractivity contribution in [2.24, 2.45) is 0 Å². The molecule has 0 bridgehead atoms. The van der Waals surface area contributed by atoms with Crippen molar-refractivity contribution in [3.63, 3.8) is 0 Å². The van der Waals surface area contributed by atoms with Crippen LogP contribution in [-0.4, -0.2) is 59.7 Å². The van der Waals surface area contributed by atoms with Crippen LogP contribution < -0.4 is 20.1 Å². The van der Waals surface area contributed by atoms with E-state index < -0.39 is 11.6 Å². The molecule has 2 unspecified atom stereocenters. The summed E-state index contributed by atoms with van der Waals surface area (Å²) in [4.78, 5) is 37.2. The smallest absolute Gasteiger partial charge is 0.262 e. The molecule has 0 fully saturated rings. The van der Waals surface area contributed by atoms with Crippen molar-refractivity contribution in [1.82, 2.24) is 25.5 Å². The van der Waals surface area contributed by atoms with Gasteiger partial charge in [0.25, 0.3) is 5.91 Å². The van der Waals surface area contributed by atoms with Crippen LogP contribution in [0.1, 0.15) is 41.5 Å². The molecule has 6 rings (SSSR count). The second-order valence-corrected chi connectivity index (χ2v) is 11.4. The Labute approximate surface area is 267 Å². The largest absolute Gasteiger partial charge is 0.497 e. The highest BCUT2D eigenvalue weighted by molar-refractivity contribution is 5.96. The molecule has 4 N–H and O–H groups in total. The summed E-state index contributed by atoms with van der Waals surface area (Å²) in [5.41, 5.74) is 3.01. The van der Waals surface area contributed by atoms with Gasteiger partial charge in [0.2, 0.25) is 5.91 Å². The lowest BCUT2D eigenvalue weighted by atomic mass is 9.77.